The molecule has 0 aliphatic heterocycles. The van der Waals surface area contributed by atoms with Gasteiger partial charge in [0.1, 0.15) is 5.82 Å². The lowest BCUT2D eigenvalue weighted by Crippen LogP contribution is -2.16. The Hall–Kier alpha value is -1.65. The fraction of sp³-hybridized carbons (Fsp3) is 0.550. The average molecular weight is 332 g/mol. The second kappa shape index (κ2) is 10.3. The summed E-state index contributed by atoms with van der Waals surface area (Å²) in [5.41, 5.74) is 3.46. The number of aliphatic hydroxyl groups excluding tert-OH is 1. The molecule has 0 spiro atoms. The fourth-order valence-corrected chi connectivity index (χ4v) is 2.69. The minimum Gasteiger partial charge on any atom is -0.396 e. The number of imidazole rings is 1. The van der Waals surface area contributed by atoms with Gasteiger partial charge in [0.2, 0.25) is 0 Å². The average Bonchev–Trinajstić information content (AvgIpc) is 2.98. The first-order chi connectivity index (χ1) is 11.5. The minimum atomic E-state index is 0.234. The van der Waals surface area contributed by atoms with Crippen molar-refractivity contribution in [2.45, 2.75) is 46.6 Å². The molecule has 0 saturated heterocycles. The normalized spacial score (nSPS) is 13.1. The predicted octanol–water partition coefficient (Wildman–Crippen LogP) is 3.95. The number of hydrogen-bond acceptors (Lipinski definition) is 3. The summed E-state index contributed by atoms with van der Waals surface area (Å²) in [6.45, 7) is 8.55. The zero-order valence-electron chi connectivity index (χ0n) is 16.0. The largest absolute Gasteiger partial charge is 0.396 e. The zero-order chi connectivity index (χ0) is 18.1. The Morgan fingerprint density at radius 2 is 1.79 bits per heavy atom. The molecule has 0 amide bonds. The highest BCUT2D eigenvalue weighted by molar-refractivity contribution is 5.59. The van der Waals surface area contributed by atoms with Gasteiger partial charge in [-0.05, 0) is 38.3 Å². The maximum atomic E-state index is 8.99. The molecule has 2 atom stereocenters. The lowest BCUT2D eigenvalue weighted by Gasteiger charge is -2.10. The first-order valence-corrected chi connectivity index (χ1v) is 8.95. The molecule has 1 unspecified atom stereocenters. The molecule has 0 radical (unpaired) electrons. The van der Waals surface area contributed by atoms with Gasteiger partial charge in [-0.25, -0.2) is 4.98 Å². The van der Waals surface area contributed by atoms with E-state index in [1.54, 1.807) is 0 Å². The molecule has 24 heavy (non-hydrogen) atoms. The Kier molecular flexibility index (Phi) is 8.72. The third-order valence-electron chi connectivity index (χ3n) is 4.19. The molecular formula is C20H33N3O. The molecule has 2 aromatic rings. The Morgan fingerprint density at radius 3 is 2.33 bits per heavy atom. The molecule has 2 rings (SSSR count). The van der Waals surface area contributed by atoms with Crippen LogP contribution in [0.4, 0.5) is 0 Å². The molecule has 0 aliphatic carbocycles. The van der Waals surface area contributed by atoms with Crippen molar-refractivity contribution in [1.82, 2.24) is 14.9 Å². The van der Waals surface area contributed by atoms with Gasteiger partial charge in [0.05, 0.1) is 11.7 Å². The molecule has 1 heterocycles. The van der Waals surface area contributed by atoms with Gasteiger partial charge in [0, 0.05) is 25.4 Å². The van der Waals surface area contributed by atoms with E-state index in [0.717, 1.165) is 29.9 Å². The first kappa shape index (κ1) is 20.4. The summed E-state index contributed by atoms with van der Waals surface area (Å²) in [5.74, 6) is 1.55. The van der Waals surface area contributed by atoms with Crippen LogP contribution in [-0.4, -0.2) is 28.3 Å². The second-order valence-electron chi connectivity index (χ2n) is 6.12. The summed E-state index contributed by atoms with van der Waals surface area (Å²) in [6.07, 6.45) is 3.94. The third-order valence-corrected chi connectivity index (χ3v) is 4.19. The lowest BCUT2D eigenvalue weighted by molar-refractivity contribution is 0.262. The summed E-state index contributed by atoms with van der Waals surface area (Å²) in [4.78, 5) is 4.74. The van der Waals surface area contributed by atoms with E-state index in [4.69, 9.17) is 10.1 Å². The van der Waals surface area contributed by atoms with Gasteiger partial charge >= 0.3 is 0 Å². The van der Waals surface area contributed by atoms with Gasteiger partial charge in [0.15, 0.2) is 0 Å². The number of aryl methyl sites for hydroxylation is 1. The van der Waals surface area contributed by atoms with E-state index in [9.17, 15) is 0 Å². The molecule has 0 fully saturated rings. The van der Waals surface area contributed by atoms with Crippen molar-refractivity contribution in [3.8, 4) is 11.3 Å². The van der Waals surface area contributed by atoms with Crippen LogP contribution in [-0.2, 0) is 13.5 Å². The molecule has 4 nitrogen and oxygen atoms in total. The smallest absolute Gasteiger partial charge is 0.126 e. The third kappa shape index (κ3) is 5.46. The van der Waals surface area contributed by atoms with Crippen molar-refractivity contribution in [2.24, 2.45) is 13.0 Å². The Morgan fingerprint density at radius 1 is 1.17 bits per heavy atom. The molecule has 1 aromatic heterocycles. The van der Waals surface area contributed by atoms with Crippen LogP contribution >= 0.6 is 0 Å². The van der Waals surface area contributed by atoms with Crippen molar-refractivity contribution in [3.05, 3.63) is 41.9 Å². The molecule has 1 aromatic carbocycles. The number of aromatic nitrogens is 2. The van der Waals surface area contributed by atoms with E-state index in [1.807, 2.05) is 27.9 Å². The van der Waals surface area contributed by atoms with Crippen molar-refractivity contribution in [2.75, 3.05) is 13.7 Å². The van der Waals surface area contributed by atoms with Crippen molar-refractivity contribution in [1.29, 1.82) is 0 Å². The molecule has 134 valence electrons. The highest BCUT2D eigenvalue weighted by Crippen LogP contribution is 2.22. The standard InChI is InChI=1S/C18H27N3O.C2H6/c1-13(9-10-22)11-15-5-7-16(8-6-15)17-12-21(4)18(20-17)14(2)19-3;1-2/h5-8,12-14,19,22H,9-11H2,1-4H3;1-2H3/t13-,14?;/m1./s1. The van der Waals surface area contributed by atoms with E-state index in [2.05, 4.69) is 54.2 Å². The van der Waals surface area contributed by atoms with Gasteiger partial charge in [-0.1, -0.05) is 45.0 Å². The summed E-state index contributed by atoms with van der Waals surface area (Å²) in [7, 11) is 3.98. The number of aliphatic hydroxyl groups is 1. The summed E-state index contributed by atoms with van der Waals surface area (Å²) < 4.78 is 2.08. The van der Waals surface area contributed by atoms with Gasteiger partial charge in [-0.3, -0.25) is 0 Å². The van der Waals surface area contributed by atoms with Crippen molar-refractivity contribution >= 4 is 0 Å². The van der Waals surface area contributed by atoms with Crippen LogP contribution < -0.4 is 5.32 Å². The van der Waals surface area contributed by atoms with Crippen LogP contribution in [0, 0.1) is 5.92 Å². The van der Waals surface area contributed by atoms with Crippen LogP contribution in [0.2, 0.25) is 0 Å². The van der Waals surface area contributed by atoms with Crippen LogP contribution in [0.1, 0.15) is 51.5 Å². The molecule has 0 saturated carbocycles. The number of hydrogen-bond donors (Lipinski definition) is 2. The maximum absolute atomic E-state index is 8.99. The van der Waals surface area contributed by atoms with Crippen LogP contribution in [0.15, 0.2) is 30.5 Å². The van der Waals surface area contributed by atoms with E-state index in [0.29, 0.717) is 5.92 Å². The summed E-state index contributed by atoms with van der Waals surface area (Å²) in [6, 6.07) is 8.84. The topological polar surface area (TPSA) is 50.1 Å². The molecule has 0 aliphatic rings. The minimum absolute atomic E-state index is 0.234. The van der Waals surface area contributed by atoms with Crippen molar-refractivity contribution < 1.29 is 5.11 Å². The Bertz CT molecular complexity index is 589. The highest BCUT2D eigenvalue weighted by atomic mass is 16.3. The van der Waals surface area contributed by atoms with Gasteiger partial charge in [0.25, 0.3) is 0 Å². The quantitative estimate of drug-likeness (QED) is 0.807. The van der Waals surface area contributed by atoms with E-state index < -0.39 is 0 Å². The van der Waals surface area contributed by atoms with E-state index in [1.165, 1.54) is 5.56 Å². The maximum Gasteiger partial charge on any atom is 0.126 e. The SMILES string of the molecule is CC.CNC(C)c1nc(-c2ccc(C[C@H](C)CCO)cc2)cn1C. The number of benzene rings is 1. The second-order valence-corrected chi connectivity index (χ2v) is 6.12. The molecule has 2 N–H and O–H groups in total. The van der Waals surface area contributed by atoms with Gasteiger partial charge in [-0.15, -0.1) is 0 Å². The Labute approximate surface area is 146 Å². The number of rotatable bonds is 7. The predicted molar refractivity (Wildman–Crippen MR) is 102 cm³/mol. The highest BCUT2D eigenvalue weighted by Gasteiger charge is 2.12. The van der Waals surface area contributed by atoms with Gasteiger partial charge in [-0.2, -0.15) is 0 Å². The lowest BCUT2D eigenvalue weighted by atomic mass is 9.97. The number of nitrogens with zero attached hydrogens (tertiary/aromatic N) is 2. The van der Waals surface area contributed by atoms with Crippen molar-refractivity contribution in [3.63, 3.8) is 0 Å². The zero-order valence-corrected chi connectivity index (χ0v) is 16.0. The first-order valence-electron chi connectivity index (χ1n) is 8.95. The number of nitrogens with one attached hydrogen (secondary N) is 1. The molecule has 0 bridgehead atoms. The van der Waals surface area contributed by atoms with Gasteiger partial charge < -0.3 is 15.0 Å². The van der Waals surface area contributed by atoms with Crippen LogP contribution in [0.3, 0.4) is 0 Å². The molecule has 4 heteroatoms. The van der Waals surface area contributed by atoms with E-state index >= 15 is 0 Å². The summed E-state index contributed by atoms with van der Waals surface area (Å²) >= 11 is 0. The Balaban J connectivity index is 0.00000139. The van der Waals surface area contributed by atoms with Crippen LogP contribution in [0.25, 0.3) is 11.3 Å². The van der Waals surface area contributed by atoms with Crippen LogP contribution in [0.5, 0.6) is 0 Å². The van der Waals surface area contributed by atoms with E-state index in [-0.39, 0.29) is 12.6 Å². The summed E-state index contributed by atoms with van der Waals surface area (Å²) in [5, 5.41) is 12.2. The monoisotopic (exact) mass is 331 g/mol. The fourth-order valence-electron chi connectivity index (χ4n) is 2.69. The molecular weight excluding hydrogens is 298 g/mol.